The summed E-state index contributed by atoms with van der Waals surface area (Å²) in [5, 5.41) is 14.7. The van der Waals surface area contributed by atoms with E-state index >= 15 is 0 Å². The van der Waals surface area contributed by atoms with Gasteiger partial charge < -0.3 is 24.0 Å². The summed E-state index contributed by atoms with van der Waals surface area (Å²) in [5.74, 6) is -0.597. The van der Waals surface area contributed by atoms with Crippen LogP contribution in [-0.2, 0) is 13.6 Å². The van der Waals surface area contributed by atoms with Crippen LogP contribution >= 0.6 is 7.60 Å². The third kappa shape index (κ3) is 6.00. The van der Waals surface area contributed by atoms with Crippen LogP contribution in [0, 0.1) is 10.1 Å². The summed E-state index contributed by atoms with van der Waals surface area (Å²) in [6, 6.07) is 12.0. The second-order valence-corrected chi connectivity index (χ2v) is 8.94. The van der Waals surface area contributed by atoms with Crippen LogP contribution in [0.1, 0.15) is 39.0 Å². The number of nitrogens with one attached hydrogen (secondary N) is 1. The van der Waals surface area contributed by atoms with Gasteiger partial charge in [0.15, 0.2) is 5.78 Å². The molecule has 0 fully saturated rings. The Morgan fingerprint density at radius 2 is 1.62 bits per heavy atom. The lowest BCUT2D eigenvalue weighted by atomic mass is 10.1. The minimum Gasteiger partial charge on any atom is -0.496 e. The molecule has 0 aliphatic rings. The standard InChI is InChI=1S/C22H32N3O6P/c1-6-24(7-2)18-12-10-17(11-13-18)22(32(28,30-8-3)31-9-4)23-20-15-14-19(29-5)16-21(20)25(26)27/h10-16,22-23H,6-9H2,1-5H3. The Morgan fingerprint density at radius 1 is 1.03 bits per heavy atom. The first-order valence-corrected chi connectivity index (χ1v) is 12.3. The number of anilines is 2. The SMILES string of the molecule is CCOP(=O)(OCC)C(Nc1ccc(OC)cc1[N+](=O)[O-])c1ccc(N(CC)CC)cc1. The molecule has 1 atom stereocenters. The van der Waals surface area contributed by atoms with Gasteiger partial charge in [-0.25, -0.2) is 0 Å². The van der Waals surface area contributed by atoms with Crippen molar-refractivity contribution in [1.82, 2.24) is 0 Å². The molecule has 2 aromatic rings. The highest BCUT2D eigenvalue weighted by Gasteiger charge is 2.38. The van der Waals surface area contributed by atoms with Crippen LogP contribution in [-0.4, -0.2) is 38.3 Å². The van der Waals surface area contributed by atoms with E-state index < -0.39 is 18.3 Å². The fourth-order valence-corrected chi connectivity index (χ4v) is 5.33. The predicted molar refractivity (Wildman–Crippen MR) is 127 cm³/mol. The minimum absolute atomic E-state index is 0.164. The molecule has 9 nitrogen and oxygen atoms in total. The van der Waals surface area contributed by atoms with Crippen LogP contribution < -0.4 is 15.0 Å². The van der Waals surface area contributed by atoms with Crippen LogP contribution in [0.2, 0.25) is 0 Å². The molecular formula is C22H32N3O6P. The first kappa shape index (κ1) is 25.6. The monoisotopic (exact) mass is 465 g/mol. The van der Waals surface area contributed by atoms with Crippen molar-refractivity contribution >= 4 is 24.7 Å². The number of hydrogen-bond acceptors (Lipinski definition) is 8. The van der Waals surface area contributed by atoms with Gasteiger partial charge in [-0.1, -0.05) is 12.1 Å². The number of hydrogen-bond donors (Lipinski definition) is 1. The normalized spacial score (nSPS) is 12.3. The Hall–Kier alpha value is -2.61. The number of ether oxygens (including phenoxy) is 1. The van der Waals surface area contributed by atoms with Gasteiger partial charge in [0.25, 0.3) is 5.69 Å². The molecule has 176 valence electrons. The lowest BCUT2D eigenvalue weighted by Gasteiger charge is -2.29. The third-order valence-corrected chi connectivity index (χ3v) is 7.26. The summed E-state index contributed by atoms with van der Waals surface area (Å²) >= 11 is 0. The molecule has 0 saturated carbocycles. The molecule has 0 amide bonds. The number of nitro groups is 1. The summed E-state index contributed by atoms with van der Waals surface area (Å²) < 4.78 is 30.0. The van der Waals surface area contributed by atoms with E-state index in [0.29, 0.717) is 11.3 Å². The molecule has 0 saturated heterocycles. The summed E-state index contributed by atoms with van der Waals surface area (Å²) in [4.78, 5) is 13.3. The maximum absolute atomic E-state index is 13.7. The van der Waals surface area contributed by atoms with E-state index in [2.05, 4.69) is 24.1 Å². The van der Waals surface area contributed by atoms with Gasteiger partial charge in [-0.05, 0) is 57.5 Å². The molecule has 1 N–H and O–H groups in total. The molecule has 0 heterocycles. The molecule has 0 aromatic heterocycles. The molecule has 10 heteroatoms. The zero-order chi connectivity index (χ0) is 23.7. The number of methoxy groups -OCH3 is 1. The summed E-state index contributed by atoms with van der Waals surface area (Å²) in [7, 11) is -2.28. The second kappa shape index (κ2) is 11.9. The summed E-state index contributed by atoms with van der Waals surface area (Å²) in [5.41, 5.74) is 1.65. The molecule has 0 aliphatic heterocycles. The second-order valence-electron chi connectivity index (χ2n) is 6.83. The minimum atomic E-state index is -3.72. The van der Waals surface area contributed by atoms with Crippen molar-refractivity contribution in [1.29, 1.82) is 0 Å². The Balaban J connectivity index is 2.55. The number of benzene rings is 2. The van der Waals surface area contributed by atoms with Crippen molar-refractivity contribution in [3.63, 3.8) is 0 Å². The third-order valence-electron chi connectivity index (χ3n) is 4.97. The van der Waals surface area contributed by atoms with Gasteiger partial charge in [0, 0.05) is 18.8 Å². The molecule has 0 radical (unpaired) electrons. The van der Waals surface area contributed by atoms with Crippen LogP contribution in [0.15, 0.2) is 42.5 Å². The van der Waals surface area contributed by atoms with E-state index in [4.69, 9.17) is 13.8 Å². The molecule has 2 rings (SSSR count). The van der Waals surface area contributed by atoms with Gasteiger partial charge >= 0.3 is 7.60 Å². The van der Waals surface area contributed by atoms with E-state index in [1.54, 1.807) is 19.9 Å². The van der Waals surface area contributed by atoms with E-state index in [-0.39, 0.29) is 24.6 Å². The molecule has 2 aromatic carbocycles. The fourth-order valence-electron chi connectivity index (χ4n) is 3.41. The van der Waals surface area contributed by atoms with Crippen LogP contribution in [0.4, 0.5) is 17.1 Å². The summed E-state index contributed by atoms with van der Waals surface area (Å²) in [6.45, 7) is 9.63. The van der Waals surface area contributed by atoms with E-state index in [1.807, 2.05) is 24.3 Å². The summed E-state index contributed by atoms with van der Waals surface area (Å²) in [6.07, 6.45) is 0. The van der Waals surface area contributed by atoms with Gasteiger partial charge in [-0.3, -0.25) is 14.7 Å². The maximum Gasteiger partial charge on any atom is 0.357 e. The molecule has 0 aliphatic carbocycles. The van der Waals surface area contributed by atoms with Gasteiger partial charge in [0.1, 0.15) is 11.4 Å². The Bertz CT molecular complexity index is 924. The highest BCUT2D eigenvalue weighted by molar-refractivity contribution is 7.54. The smallest absolute Gasteiger partial charge is 0.357 e. The number of nitro benzene ring substituents is 1. The van der Waals surface area contributed by atoms with Crippen molar-refractivity contribution in [3.8, 4) is 5.75 Å². The largest absolute Gasteiger partial charge is 0.496 e. The highest BCUT2D eigenvalue weighted by atomic mass is 31.2. The van der Waals surface area contributed by atoms with Crippen molar-refractivity contribution in [2.45, 2.75) is 33.5 Å². The molecule has 0 spiro atoms. The quantitative estimate of drug-likeness (QED) is 0.224. The first-order chi connectivity index (χ1) is 15.3. The molecule has 1 unspecified atom stereocenters. The van der Waals surface area contributed by atoms with Crippen LogP contribution in [0.3, 0.4) is 0 Å². The fraction of sp³-hybridized carbons (Fsp3) is 0.455. The lowest BCUT2D eigenvalue weighted by Crippen LogP contribution is -2.22. The predicted octanol–water partition coefficient (Wildman–Crippen LogP) is 5.83. The van der Waals surface area contributed by atoms with Gasteiger partial charge in [-0.2, -0.15) is 0 Å². The van der Waals surface area contributed by atoms with Crippen LogP contribution in [0.5, 0.6) is 5.75 Å². The van der Waals surface area contributed by atoms with Crippen molar-refractivity contribution in [2.75, 3.05) is 43.6 Å². The lowest BCUT2D eigenvalue weighted by molar-refractivity contribution is -0.384. The molecule has 0 bridgehead atoms. The Labute approximate surface area is 189 Å². The van der Waals surface area contributed by atoms with Gasteiger partial charge in [0.05, 0.1) is 31.3 Å². The average Bonchev–Trinajstić information content (AvgIpc) is 2.79. The average molecular weight is 465 g/mol. The van der Waals surface area contributed by atoms with Crippen molar-refractivity contribution in [3.05, 3.63) is 58.1 Å². The zero-order valence-electron chi connectivity index (χ0n) is 19.2. The molecular weight excluding hydrogens is 433 g/mol. The number of rotatable bonds is 13. The van der Waals surface area contributed by atoms with Crippen molar-refractivity contribution in [2.24, 2.45) is 0 Å². The Kier molecular flexibility index (Phi) is 9.50. The van der Waals surface area contributed by atoms with E-state index in [0.717, 1.165) is 18.8 Å². The first-order valence-electron chi connectivity index (χ1n) is 10.7. The van der Waals surface area contributed by atoms with Crippen molar-refractivity contribution < 1.29 is 23.3 Å². The molecule has 32 heavy (non-hydrogen) atoms. The van der Waals surface area contributed by atoms with Gasteiger partial charge in [0.2, 0.25) is 0 Å². The van der Waals surface area contributed by atoms with Crippen LogP contribution in [0.25, 0.3) is 0 Å². The van der Waals surface area contributed by atoms with Gasteiger partial charge in [-0.15, -0.1) is 0 Å². The van der Waals surface area contributed by atoms with E-state index in [1.165, 1.54) is 19.2 Å². The van der Waals surface area contributed by atoms with E-state index in [9.17, 15) is 14.7 Å². The Morgan fingerprint density at radius 3 is 2.09 bits per heavy atom. The number of nitrogens with zero attached hydrogens (tertiary/aromatic N) is 2. The zero-order valence-corrected chi connectivity index (χ0v) is 20.1. The maximum atomic E-state index is 13.7. The topological polar surface area (TPSA) is 103 Å². The highest BCUT2D eigenvalue weighted by Crippen LogP contribution is 2.61.